The number of benzene rings is 6. The molecule has 2 aliphatic carbocycles. The summed E-state index contributed by atoms with van der Waals surface area (Å²) in [4.78, 5) is 0. The summed E-state index contributed by atoms with van der Waals surface area (Å²) in [5.74, 6) is 1.55. The van der Waals surface area contributed by atoms with Crippen LogP contribution in [0.15, 0.2) is 109 Å². The molecule has 0 radical (unpaired) electrons. The van der Waals surface area contributed by atoms with Crippen molar-refractivity contribution in [1.29, 1.82) is 0 Å². The highest BCUT2D eigenvalue weighted by molar-refractivity contribution is 6.27. The standard InChI is InChI=1S/C47H41N/c1-26(2)28-11-13-31-24-44-38(19-33(31)17-28)40-21-35(30-15-16-37-36-9-7-8-10-42(36)47(5,6)43(37)23-30)22-41-39-20-34-18-29(27(3)4)12-14-32(34)25-45(39)48(44)46(40)41/h7-9,11-27,42H,10H2,1-6H3/t42-/m1/s1. The van der Waals surface area contributed by atoms with E-state index in [-0.39, 0.29) is 5.41 Å². The third-order valence-electron chi connectivity index (χ3n) is 12.1. The van der Waals surface area contributed by atoms with E-state index < -0.39 is 0 Å². The monoisotopic (exact) mass is 619 g/mol. The first-order valence-corrected chi connectivity index (χ1v) is 17.8. The molecule has 6 aromatic carbocycles. The molecule has 0 aliphatic heterocycles. The van der Waals surface area contributed by atoms with Crippen LogP contribution in [-0.2, 0) is 5.41 Å². The van der Waals surface area contributed by atoms with Crippen molar-refractivity contribution in [2.75, 3.05) is 0 Å². The third kappa shape index (κ3) is 3.73. The Morgan fingerprint density at radius 3 is 1.79 bits per heavy atom. The van der Waals surface area contributed by atoms with Gasteiger partial charge in [-0.2, -0.15) is 0 Å². The summed E-state index contributed by atoms with van der Waals surface area (Å²) in [6.07, 6.45) is 8.06. The maximum atomic E-state index is 2.56. The summed E-state index contributed by atoms with van der Waals surface area (Å²) in [5, 5.41) is 10.6. The summed E-state index contributed by atoms with van der Waals surface area (Å²) in [7, 11) is 0. The molecule has 2 aliphatic rings. The van der Waals surface area contributed by atoms with E-state index in [0.29, 0.717) is 17.8 Å². The minimum Gasteiger partial charge on any atom is -0.308 e. The molecule has 0 saturated heterocycles. The summed E-state index contributed by atoms with van der Waals surface area (Å²) in [6, 6.07) is 36.1. The predicted octanol–water partition coefficient (Wildman–Crippen LogP) is 13.3. The number of nitrogens with zero attached hydrogens (tertiary/aromatic N) is 1. The Balaban J connectivity index is 1.30. The van der Waals surface area contributed by atoms with Gasteiger partial charge < -0.3 is 4.40 Å². The second-order valence-electron chi connectivity index (χ2n) is 15.8. The molecule has 2 aromatic heterocycles. The Morgan fingerprint density at radius 2 is 1.21 bits per heavy atom. The largest absolute Gasteiger partial charge is 0.308 e. The predicted molar refractivity (Wildman–Crippen MR) is 208 cm³/mol. The van der Waals surface area contributed by atoms with E-state index in [2.05, 4.69) is 155 Å². The SMILES string of the molecule is CC(C)c1ccc2cc3c(cc2c1)c1cc(-c2ccc4c(c2)C(C)(C)[C@@H]2CC=CC=C42)cc2c4cc5cc(C(C)C)ccc5cc4n3c12. The minimum absolute atomic E-state index is 0.103. The van der Waals surface area contributed by atoms with Crippen LogP contribution in [-0.4, -0.2) is 4.40 Å². The third-order valence-corrected chi connectivity index (χ3v) is 12.1. The molecule has 0 spiro atoms. The van der Waals surface area contributed by atoms with E-state index >= 15 is 0 Å². The molecule has 48 heavy (non-hydrogen) atoms. The van der Waals surface area contributed by atoms with Crippen LogP contribution >= 0.6 is 0 Å². The Labute approximate surface area is 282 Å². The van der Waals surface area contributed by atoms with Crippen LogP contribution < -0.4 is 0 Å². The first kappa shape index (κ1) is 28.2. The Bertz CT molecular complexity index is 2590. The molecular weight excluding hydrogens is 579 g/mol. The second kappa shape index (κ2) is 9.60. The minimum atomic E-state index is 0.103. The molecule has 1 atom stereocenters. The first-order chi connectivity index (χ1) is 23.2. The quantitative estimate of drug-likeness (QED) is 0.185. The molecule has 0 N–H and O–H groups in total. The van der Waals surface area contributed by atoms with E-state index in [1.54, 1.807) is 0 Å². The van der Waals surface area contributed by atoms with Gasteiger partial charge in [-0.25, -0.2) is 0 Å². The smallest absolute Gasteiger partial charge is 0.0620 e. The fourth-order valence-corrected chi connectivity index (χ4v) is 9.24. The van der Waals surface area contributed by atoms with Crippen molar-refractivity contribution in [2.45, 2.75) is 65.2 Å². The lowest BCUT2D eigenvalue weighted by atomic mass is 9.74. The average molecular weight is 620 g/mol. The molecule has 234 valence electrons. The zero-order valence-electron chi connectivity index (χ0n) is 28.8. The molecule has 0 fully saturated rings. The van der Waals surface area contributed by atoms with Crippen molar-refractivity contribution in [3.63, 3.8) is 0 Å². The van der Waals surface area contributed by atoms with Crippen molar-refractivity contribution in [2.24, 2.45) is 5.92 Å². The lowest BCUT2D eigenvalue weighted by molar-refractivity contribution is 0.415. The van der Waals surface area contributed by atoms with Crippen LogP contribution in [0.2, 0.25) is 0 Å². The number of rotatable bonds is 3. The molecule has 0 bridgehead atoms. The molecule has 1 nitrogen and oxygen atoms in total. The Hall–Kier alpha value is -4.88. The number of aromatic nitrogens is 1. The van der Waals surface area contributed by atoms with Gasteiger partial charge in [0.25, 0.3) is 0 Å². The normalized spacial score (nSPS) is 17.2. The first-order valence-electron chi connectivity index (χ1n) is 17.8. The van der Waals surface area contributed by atoms with Crippen LogP contribution in [0, 0.1) is 5.92 Å². The highest BCUT2D eigenvalue weighted by atomic mass is 14.9. The van der Waals surface area contributed by atoms with Gasteiger partial charge in [-0.15, -0.1) is 0 Å². The van der Waals surface area contributed by atoms with Gasteiger partial charge >= 0.3 is 0 Å². The molecule has 8 aromatic rings. The molecule has 0 amide bonds. The molecule has 0 unspecified atom stereocenters. The van der Waals surface area contributed by atoms with Gasteiger partial charge in [0, 0.05) is 21.5 Å². The van der Waals surface area contributed by atoms with Crippen molar-refractivity contribution >= 4 is 65.2 Å². The maximum Gasteiger partial charge on any atom is 0.0620 e. The van der Waals surface area contributed by atoms with Gasteiger partial charge in [-0.1, -0.05) is 108 Å². The molecule has 0 saturated carbocycles. The zero-order chi connectivity index (χ0) is 32.6. The van der Waals surface area contributed by atoms with Gasteiger partial charge in [0.05, 0.1) is 16.6 Å². The van der Waals surface area contributed by atoms with Crippen LogP contribution in [0.5, 0.6) is 0 Å². The second-order valence-corrected chi connectivity index (χ2v) is 15.8. The summed E-state index contributed by atoms with van der Waals surface area (Å²) >= 11 is 0. The highest BCUT2D eigenvalue weighted by Crippen LogP contribution is 2.54. The van der Waals surface area contributed by atoms with Gasteiger partial charge in [-0.3, -0.25) is 0 Å². The lowest BCUT2D eigenvalue weighted by Crippen LogP contribution is -2.23. The van der Waals surface area contributed by atoms with Crippen molar-refractivity contribution < 1.29 is 0 Å². The van der Waals surface area contributed by atoms with Gasteiger partial charge in [0.1, 0.15) is 0 Å². The van der Waals surface area contributed by atoms with Crippen molar-refractivity contribution in [3.8, 4) is 11.1 Å². The van der Waals surface area contributed by atoms with Gasteiger partial charge in [0.2, 0.25) is 0 Å². The van der Waals surface area contributed by atoms with Crippen LogP contribution in [0.4, 0.5) is 0 Å². The Morgan fingerprint density at radius 1 is 0.604 bits per heavy atom. The van der Waals surface area contributed by atoms with Crippen molar-refractivity contribution in [3.05, 3.63) is 131 Å². The van der Waals surface area contributed by atoms with E-state index in [9.17, 15) is 0 Å². The van der Waals surface area contributed by atoms with Crippen LogP contribution in [0.1, 0.15) is 82.1 Å². The van der Waals surface area contributed by atoms with E-state index in [0.717, 1.165) is 6.42 Å². The molecule has 1 heteroatoms. The average Bonchev–Trinajstić information content (AvgIpc) is 3.67. The van der Waals surface area contributed by atoms with Crippen LogP contribution in [0.25, 0.3) is 76.3 Å². The summed E-state index contributed by atoms with van der Waals surface area (Å²) in [5.41, 5.74) is 13.9. The Kier molecular flexibility index (Phi) is 5.63. The fourth-order valence-electron chi connectivity index (χ4n) is 9.24. The number of allylic oxidation sites excluding steroid dienone is 4. The zero-order valence-corrected chi connectivity index (χ0v) is 28.8. The maximum absolute atomic E-state index is 2.56. The molecule has 2 heterocycles. The number of hydrogen-bond acceptors (Lipinski definition) is 0. The van der Waals surface area contributed by atoms with Crippen LogP contribution in [0.3, 0.4) is 0 Å². The van der Waals surface area contributed by atoms with Crippen molar-refractivity contribution in [1.82, 2.24) is 4.40 Å². The fraction of sp³-hybridized carbons (Fsp3) is 0.234. The molecular formula is C47H41N. The summed E-state index contributed by atoms with van der Waals surface area (Å²) in [6.45, 7) is 14.0. The highest BCUT2D eigenvalue weighted by Gasteiger charge is 2.42. The number of fused-ring (bicyclic) bond motifs is 11. The lowest BCUT2D eigenvalue weighted by Gasteiger charge is -2.29. The van der Waals surface area contributed by atoms with E-state index in [4.69, 9.17) is 0 Å². The summed E-state index contributed by atoms with van der Waals surface area (Å²) < 4.78 is 2.56. The van der Waals surface area contributed by atoms with Gasteiger partial charge in [-0.05, 0) is 133 Å². The van der Waals surface area contributed by atoms with E-state index in [1.165, 1.54) is 98.6 Å². The topological polar surface area (TPSA) is 4.41 Å². The van der Waals surface area contributed by atoms with E-state index in [1.807, 2.05) is 0 Å². The molecule has 10 rings (SSSR count). The van der Waals surface area contributed by atoms with Gasteiger partial charge in [0.15, 0.2) is 0 Å². The number of hydrogen-bond donors (Lipinski definition) is 0.